The van der Waals surface area contributed by atoms with Crippen molar-refractivity contribution in [2.45, 2.75) is 66.2 Å². The molecule has 0 saturated heterocycles. The number of rotatable bonds is 30. The van der Waals surface area contributed by atoms with Gasteiger partial charge in [0, 0.05) is 145 Å². The first kappa shape index (κ1) is 103. The second-order valence-corrected chi connectivity index (χ2v) is 32.6. The van der Waals surface area contributed by atoms with E-state index in [1.807, 2.05) is 87.5 Å². The summed E-state index contributed by atoms with van der Waals surface area (Å²) in [7, 11) is 1.87. The SMILES string of the molecule is CN(c1cncnc1)c1cc(Cl)cc(C(=O)Cc2nccs2)c1.Cc1ccc(CC(=O)c2cc(Cl)cc(Oc3cncnc3)c2)nc1C.Cc1cccc(CC(=O)c2cc(F)cc(Oc3cncnc3)c2)n1.Cc1ccnc(CC(=O)c2cc(F)cc(Oc3cncnc3)c2)c1.O=C(Cc1cc(F)ccn1)c1cc(F)cc(Oc2cncnc2)c1.O=C(Cc1ccccn1)c1cc(F)cc(Oc2cncnc2)c1. The highest BCUT2D eigenvalue weighted by molar-refractivity contribution is 7.09. The first-order chi connectivity index (χ1) is 69.1. The quantitative estimate of drug-likeness (QED) is 0.0298. The van der Waals surface area contributed by atoms with Crippen molar-refractivity contribution >= 4 is 80.6 Å². The van der Waals surface area contributed by atoms with Crippen molar-refractivity contribution in [1.29, 1.82) is 0 Å². The van der Waals surface area contributed by atoms with Crippen LogP contribution in [0.25, 0.3) is 0 Å². The van der Waals surface area contributed by atoms with Gasteiger partial charge in [0.05, 0.1) is 124 Å². The molecular formula is C105H80Cl2F5N19O11S. The smallest absolute Gasteiger partial charge is 0.169 e. The molecule has 30 nitrogen and oxygen atoms in total. The predicted octanol–water partition coefficient (Wildman–Crippen LogP) is 21.8. The zero-order valence-corrected chi connectivity index (χ0v) is 78.7. The molecule has 38 heteroatoms. The number of anilines is 2. The van der Waals surface area contributed by atoms with E-state index in [-0.39, 0.29) is 118 Å². The normalized spacial score (nSPS) is 10.4. The molecule has 0 radical (unpaired) electrons. The molecule has 0 saturated carbocycles. The topological polar surface area (TPSA) is 384 Å². The van der Waals surface area contributed by atoms with Crippen LogP contribution in [-0.4, -0.2) is 131 Å². The van der Waals surface area contributed by atoms with Crippen molar-refractivity contribution in [3.8, 4) is 57.5 Å². The lowest BCUT2D eigenvalue weighted by molar-refractivity contribution is 0.0983. The molecule has 0 N–H and O–H groups in total. The largest absolute Gasteiger partial charge is 0.454 e. The van der Waals surface area contributed by atoms with Crippen molar-refractivity contribution in [3.05, 3.63) is 453 Å². The van der Waals surface area contributed by atoms with E-state index in [2.05, 4.69) is 89.7 Å². The second kappa shape index (κ2) is 51.6. The molecule has 716 valence electrons. The highest BCUT2D eigenvalue weighted by atomic mass is 35.5. The first-order valence-corrected chi connectivity index (χ1v) is 44.6. The standard InChI is InChI=1S/C19H16ClN3O2.2C18H14FN3O2.C17H11F2N3O2.C17H12FN3O2.C16H13ClN4OS/c1-12-3-4-16(23-13(12)2)8-19(24)14-5-15(20)7-17(6-14)25-18-9-21-11-22-10-18;1-12-2-3-22-15(4-12)8-18(23)13-5-14(19)7-16(6-13)24-17-9-20-11-21-10-17;1-12-3-2-4-15(22-12)8-18(23)13-5-14(19)7-16(6-13)24-17-9-20-11-21-10-17;18-12-1-2-22-14(5-12)7-17(23)11-3-13(19)6-15(4-11)24-16-8-20-10-21-9-16;18-13-5-12(17(22)8-14-3-1-2-4-21-14)6-15(7-13)23-16-9-19-11-20-10-16;1-21(14-8-18-10-19-9-14)13-5-11(4-12(17)6-13)15(22)7-16-20-2-3-23-16/h3-7,9-11H,8H2,1-2H3;2*2-7,9-11H,8H2,1H3;1-6,8-10H,7H2;1-7,9-11H,8H2;2-6,8-10H,7H2,1H3. The molecule has 0 bridgehead atoms. The maximum absolute atomic E-state index is 13.8. The van der Waals surface area contributed by atoms with Gasteiger partial charge in [0.25, 0.3) is 0 Å². The van der Waals surface area contributed by atoms with E-state index >= 15 is 0 Å². The molecule has 0 unspecified atom stereocenters. The Hall–Kier alpha value is -17.8. The highest BCUT2D eigenvalue weighted by Gasteiger charge is 2.21. The lowest BCUT2D eigenvalue weighted by atomic mass is 10.0. The minimum Gasteiger partial charge on any atom is -0.454 e. The Morgan fingerprint density at radius 3 is 1.06 bits per heavy atom. The third-order valence-corrected chi connectivity index (χ3v) is 20.9. The Kier molecular flexibility index (Phi) is 37.0. The molecule has 6 aromatic carbocycles. The number of carbonyl (C=O) groups is 6. The first-order valence-electron chi connectivity index (χ1n) is 43.0. The van der Waals surface area contributed by atoms with Gasteiger partial charge in [-0.1, -0.05) is 41.4 Å². The molecule has 0 atom stereocenters. The van der Waals surface area contributed by atoms with Crippen LogP contribution in [0.2, 0.25) is 10.0 Å². The van der Waals surface area contributed by atoms with Gasteiger partial charge >= 0.3 is 0 Å². The summed E-state index contributed by atoms with van der Waals surface area (Å²) in [6.07, 6.45) is 33.2. The van der Waals surface area contributed by atoms with Gasteiger partial charge in [-0.25, -0.2) is 86.7 Å². The zero-order chi connectivity index (χ0) is 101. The number of thiazole rings is 1. The van der Waals surface area contributed by atoms with Crippen LogP contribution in [0.15, 0.2) is 324 Å². The molecule has 0 aliphatic rings. The third kappa shape index (κ3) is 33.3. The average molecular weight is 1980 g/mol. The Labute approximate surface area is 828 Å². The molecule has 0 fully saturated rings. The summed E-state index contributed by atoms with van der Waals surface area (Å²) in [6.45, 7) is 7.69. The van der Waals surface area contributed by atoms with E-state index in [1.165, 1.54) is 184 Å². The number of benzene rings is 6. The van der Waals surface area contributed by atoms with Crippen molar-refractivity contribution < 1.29 is 74.4 Å². The number of hydrogen-bond donors (Lipinski definition) is 0. The number of aromatic nitrogens is 18. The molecule has 18 aromatic rings. The van der Waals surface area contributed by atoms with Gasteiger partial charge in [-0.2, -0.15) is 0 Å². The number of Topliss-reactive ketones (excluding diaryl/α,β-unsaturated/α-hetero) is 6. The number of pyridine rings is 5. The van der Waals surface area contributed by atoms with Gasteiger partial charge in [-0.05, 0) is 178 Å². The summed E-state index contributed by atoms with van der Waals surface area (Å²) < 4.78 is 95.8. The van der Waals surface area contributed by atoms with E-state index in [1.54, 1.807) is 85.6 Å². The second-order valence-electron chi connectivity index (χ2n) is 30.7. The van der Waals surface area contributed by atoms with E-state index in [9.17, 15) is 50.7 Å². The lowest BCUT2D eigenvalue weighted by Gasteiger charge is -2.19. The summed E-state index contributed by atoms with van der Waals surface area (Å²) in [5, 5.41) is 3.58. The third-order valence-electron chi connectivity index (χ3n) is 19.7. The van der Waals surface area contributed by atoms with Gasteiger partial charge in [0.1, 0.15) is 101 Å². The Balaban J connectivity index is 0.000000144. The molecule has 143 heavy (non-hydrogen) atoms. The maximum Gasteiger partial charge on any atom is 0.169 e. The van der Waals surface area contributed by atoms with Crippen LogP contribution in [0.3, 0.4) is 0 Å². The molecule has 12 heterocycles. The van der Waals surface area contributed by atoms with Gasteiger partial charge < -0.3 is 28.6 Å². The van der Waals surface area contributed by atoms with Crippen LogP contribution in [0.1, 0.15) is 118 Å². The number of ether oxygens (including phenoxy) is 5. The number of aryl methyl sites for hydroxylation is 4. The Morgan fingerprint density at radius 1 is 0.301 bits per heavy atom. The average Bonchev–Trinajstić information content (AvgIpc) is 1.69. The van der Waals surface area contributed by atoms with Crippen LogP contribution in [0, 0.1) is 56.8 Å². The fourth-order valence-electron chi connectivity index (χ4n) is 13.0. The van der Waals surface area contributed by atoms with Gasteiger partial charge in [0.15, 0.2) is 63.4 Å². The molecule has 0 aliphatic carbocycles. The van der Waals surface area contributed by atoms with Crippen LogP contribution in [0.5, 0.6) is 57.5 Å². The predicted molar refractivity (Wildman–Crippen MR) is 520 cm³/mol. The number of carbonyl (C=O) groups excluding carboxylic acids is 6. The van der Waals surface area contributed by atoms with Crippen LogP contribution in [-0.2, 0) is 38.5 Å². The molecule has 0 spiro atoms. The van der Waals surface area contributed by atoms with Crippen molar-refractivity contribution in [3.63, 3.8) is 0 Å². The number of hydrogen-bond acceptors (Lipinski definition) is 31. The van der Waals surface area contributed by atoms with Crippen molar-refractivity contribution in [2.24, 2.45) is 0 Å². The minimum atomic E-state index is -0.625. The van der Waals surface area contributed by atoms with Crippen LogP contribution in [0.4, 0.5) is 33.3 Å². The summed E-state index contributed by atoms with van der Waals surface area (Å²) in [5.41, 5.74) is 10.2. The molecular weight excluding hydrogens is 1900 g/mol. The van der Waals surface area contributed by atoms with E-state index in [4.69, 9.17) is 46.9 Å². The Morgan fingerprint density at radius 2 is 0.664 bits per heavy atom. The molecule has 12 aromatic heterocycles. The fourth-order valence-corrected chi connectivity index (χ4v) is 14.0. The fraction of sp³-hybridized carbons (Fsp3) is 0.105. The summed E-state index contributed by atoms with van der Waals surface area (Å²) in [6, 6.07) is 46.1. The molecule has 0 aliphatic heterocycles. The van der Waals surface area contributed by atoms with E-state index in [0.29, 0.717) is 72.8 Å². The van der Waals surface area contributed by atoms with Crippen molar-refractivity contribution in [2.75, 3.05) is 11.9 Å². The number of nitrogens with zero attached hydrogens (tertiary/aromatic N) is 19. The van der Waals surface area contributed by atoms with Crippen LogP contribution < -0.4 is 28.6 Å². The Bertz CT molecular complexity index is 7060. The van der Waals surface area contributed by atoms with E-state index < -0.39 is 34.9 Å². The zero-order valence-electron chi connectivity index (χ0n) is 76.4. The molecule has 0 amide bonds. The summed E-state index contributed by atoms with van der Waals surface area (Å²) in [5.74, 6) is -0.855. The minimum absolute atomic E-state index is 0.0126. The van der Waals surface area contributed by atoms with Gasteiger partial charge in [-0.3, -0.25) is 53.7 Å². The number of ketones is 6. The number of halogens is 7. The highest BCUT2D eigenvalue weighted by Crippen LogP contribution is 2.33. The van der Waals surface area contributed by atoms with Crippen LogP contribution >= 0.6 is 34.5 Å². The van der Waals surface area contributed by atoms with E-state index in [0.717, 1.165) is 62.8 Å². The lowest BCUT2D eigenvalue weighted by Crippen LogP contribution is -2.12. The monoisotopic (exact) mass is 1980 g/mol. The molecule has 18 rings (SSSR count). The summed E-state index contributed by atoms with van der Waals surface area (Å²) >= 11 is 13.8. The summed E-state index contributed by atoms with van der Waals surface area (Å²) in [4.78, 5) is 148. The maximum atomic E-state index is 13.8. The van der Waals surface area contributed by atoms with Gasteiger partial charge in [-0.15, -0.1) is 11.3 Å². The van der Waals surface area contributed by atoms with Gasteiger partial charge in [0.2, 0.25) is 0 Å². The van der Waals surface area contributed by atoms with Crippen molar-refractivity contribution in [1.82, 2.24) is 89.7 Å².